The van der Waals surface area contributed by atoms with Gasteiger partial charge in [-0.2, -0.15) is 0 Å². The summed E-state index contributed by atoms with van der Waals surface area (Å²) in [6.45, 7) is 0.369. The third-order valence-corrected chi connectivity index (χ3v) is 3.55. The van der Waals surface area contributed by atoms with E-state index in [2.05, 4.69) is 4.74 Å². The van der Waals surface area contributed by atoms with Crippen molar-refractivity contribution in [3.63, 3.8) is 0 Å². The second kappa shape index (κ2) is 5.69. The molecule has 0 aliphatic heterocycles. The zero-order valence-electron chi connectivity index (χ0n) is 11.7. The predicted octanol–water partition coefficient (Wildman–Crippen LogP) is 3.08. The first-order valence-corrected chi connectivity index (χ1v) is 6.92. The van der Waals surface area contributed by atoms with Gasteiger partial charge in [-0.3, -0.25) is 4.79 Å². The van der Waals surface area contributed by atoms with Gasteiger partial charge >= 0.3 is 5.97 Å². The Morgan fingerprint density at radius 2 is 2.09 bits per heavy atom. The zero-order chi connectivity index (χ0) is 15.7. The second-order valence-corrected chi connectivity index (χ2v) is 5.16. The molecule has 0 saturated heterocycles. The summed E-state index contributed by atoms with van der Waals surface area (Å²) >= 11 is 6.01. The van der Waals surface area contributed by atoms with Gasteiger partial charge in [0.25, 0.3) is 0 Å². The van der Waals surface area contributed by atoms with Crippen LogP contribution in [0.25, 0.3) is 10.9 Å². The molecule has 3 aromatic rings. The number of halogens is 1. The van der Waals surface area contributed by atoms with E-state index in [0.717, 1.165) is 0 Å². The summed E-state index contributed by atoms with van der Waals surface area (Å²) in [5.41, 5.74) is 0.633. The van der Waals surface area contributed by atoms with Crippen molar-refractivity contribution >= 4 is 28.5 Å². The van der Waals surface area contributed by atoms with Gasteiger partial charge < -0.3 is 13.7 Å². The molecule has 0 atom stereocenters. The second-order valence-electron chi connectivity index (χ2n) is 4.73. The van der Waals surface area contributed by atoms with Crippen LogP contribution < -0.4 is 5.43 Å². The first kappa shape index (κ1) is 14.4. The summed E-state index contributed by atoms with van der Waals surface area (Å²) in [6, 6.07) is 9.83. The van der Waals surface area contributed by atoms with Crippen LogP contribution in [0, 0.1) is 0 Å². The standard InChI is InChI=1S/C16H12ClNO4/c1-21-16(20)15-5-3-11(22-15)9-18-7-6-14(19)12-4-2-10(17)8-13(12)18/h2-8H,9H2,1H3. The maximum absolute atomic E-state index is 11.9. The smallest absolute Gasteiger partial charge is 0.373 e. The minimum absolute atomic E-state index is 0.0717. The molecular formula is C16H12ClNO4. The molecule has 0 saturated carbocycles. The van der Waals surface area contributed by atoms with Crippen molar-refractivity contribution in [1.29, 1.82) is 0 Å². The van der Waals surface area contributed by atoms with Crippen LogP contribution >= 0.6 is 11.6 Å². The topological polar surface area (TPSA) is 61.4 Å². The van der Waals surface area contributed by atoms with Crippen molar-refractivity contribution in [3.05, 3.63) is 69.4 Å². The van der Waals surface area contributed by atoms with Gasteiger partial charge in [-0.05, 0) is 30.3 Å². The Morgan fingerprint density at radius 3 is 2.86 bits per heavy atom. The third-order valence-electron chi connectivity index (χ3n) is 3.31. The normalized spacial score (nSPS) is 10.8. The molecule has 22 heavy (non-hydrogen) atoms. The van der Waals surface area contributed by atoms with E-state index in [0.29, 0.717) is 28.2 Å². The van der Waals surface area contributed by atoms with Gasteiger partial charge in [0.1, 0.15) is 5.76 Å². The number of hydrogen-bond acceptors (Lipinski definition) is 4. The van der Waals surface area contributed by atoms with Gasteiger partial charge in [0.15, 0.2) is 5.43 Å². The molecule has 1 aromatic carbocycles. The number of methoxy groups -OCH3 is 1. The molecule has 2 heterocycles. The summed E-state index contributed by atoms with van der Waals surface area (Å²) in [7, 11) is 1.29. The number of carbonyl (C=O) groups excluding carboxylic acids is 1. The number of hydrogen-bond donors (Lipinski definition) is 0. The molecule has 6 heteroatoms. The van der Waals surface area contributed by atoms with E-state index in [9.17, 15) is 9.59 Å². The molecule has 2 aromatic heterocycles. The molecule has 0 unspecified atom stereocenters. The first-order chi connectivity index (χ1) is 10.6. The highest BCUT2D eigenvalue weighted by Crippen LogP contribution is 2.18. The molecule has 0 aliphatic carbocycles. The highest BCUT2D eigenvalue weighted by molar-refractivity contribution is 6.31. The Morgan fingerprint density at radius 1 is 1.27 bits per heavy atom. The van der Waals surface area contributed by atoms with Crippen LogP contribution in [0.4, 0.5) is 0 Å². The highest BCUT2D eigenvalue weighted by Gasteiger charge is 2.12. The lowest BCUT2D eigenvalue weighted by Crippen LogP contribution is -2.08. The van der Waals surface area contributed by atoms with Crippen LogP contribution in [0.1, 0.15) is 16.3 Å². The molecule has 3 rings (SSSR count). The maximum Gasteiger partial charge on any atom is 0.373 e. The Bertz CT molecular complexity index is 910. The molecule has 0 bridgehead atoms. The van der Waals surface area contributed by atoms with Gasteiger partial charge in [0, 0.05) is 22.7 Å². The van der Waals surface area contributed by atoms with Crippen molar-refractivity contribution in [2.24, 2.45) is 0 Å². The van der Waals surface area contributed by atoms with Crippen molar-refractivity contribution in [2.75, 3.05) is 7.11 Å². The van der Waals surface area contributed by atoms with Gasteiger partial charge in [-0.25, -0.2) is 4.79 Å². The lowest BCUT2D eigenvalue weighted by molar-refractivity contribution is 0.0563. The van der Waals surface area contributed by atoms with E-state index in [4.69, 9.17) is 16.0 Å². The number of furan rings is 1. The van der Waals surface area contributed by atoms with E-state index in [1.165, 1.54) is 13.2 Å². The number of benzene rings is 1. The summed E-state index contributed by atoms with van der Waals surface area (Å²) in [5.74, 6) is 0.185. The van der Waals surface area contributed by atoms with Crippen LogP contribution in [0.5, 0.6) is 0 Å². The molecule has 0 radical (unpaired) electrons. The predicted molar refractivity (Wildman–Crippen MR) is 82.4 cm³/mol. The fourth-order valence-corrected chi connectivity index (χ4v) is 2.42. The van der Waals surface area contributed by atoms with Gasteiger partial charge in [-0.1, -0.05) is 11.6 Å². The average Bonchev–Trinajstić information content (AvgIpc) is 2.98. The minimum atomic E-state index is -0.529. The minimum Gasteiger partial charge on any atom is -0.463 e. The Kier molecular flexibility index (Phi) is 3.73. The average molecular weight is 318 g/mol. The Hall–Kier alpha value is -2.53. The summed E-state index contributed by atoms with van der Waals surface area (Å²) in [6.07, 6.45) is 1.67. The van der Waals surface area contributed by atoms with Crippen molar-refractivity contribution in [3.8, 4) is 0 Å². The van der Waals surface area contributed by atoms with E-state index in [1.54, 1.807) is 36.5 Å². The largest absolute Gasteiger partial charge is 0.463 e. The van der Waals surface area contributed by atoms with Gasteiger partial charge in [-0.15, -0.1) is 0 Å². The van der Waals surface area contributed by atoms with Gasteiger partial charge in [0.2, 0.25) is 5.76 Å². The van der Waals surface area contributed by atoms with Crippen molar-refractivity contribution in [1.82, 2.24) is 4.57 Å². The molecule has 5 nitrogen and oxygen atoms in total. The fourth-order valence-electron chi connectivity index (χ4n) is 2.26. The summed E-state index contributed by atoms with van der Waals surface area (Å²) in [4.78, 5) is 23.3. The SMILES string of the molecule is COC(=O)c1ccc(Cn2ccc(=O)c3ccc(Cl)cc32)o1. The quantitative estimate of drug-likeness (QED) is 0.696. The molecular weight excluding hydrogens is 306 g/mol. The molecule has 112 valence electrons. The van der Waals surface area contributed by atoms with Crippen LogP contribution in [0.15, 0.2) is 51.8 Å². The third kappa shape index (κ3) is 2.63. The maximum atomic E-state index is 11.9. The molecule has 0 N–H and O–H groups in total. The van der Waals surface area contributed by atoms with Gasteiger partial charge in [0.05, 0.1) is 19.2 Å². The zero-order valence-corrected chi connectivity index (χ0v) is 12.5. The number of carbonyl (C=O) groups is 1. The number of nitrogens with zero attached hydrogens (tertiary/aromatic N) is 1. The number of rotatable bonds is 3. The van der Waals surface area contributed by atoms with Crippen LogP contribution in [-0.4, -0.2) is 17.6 Å². The monoisotopic (exact) mass is 317 g/mol. The Labute approximate surface area is 130 Å². The molecule has 0 aliphatic rings. The van der Waals surface area contributed by atoms with E-state index < -0.39 is 5.97 Å². The number of aromatic nitrogens is 1. The number of fused-ring (bicyclic) bond motifs is 1. The lowest BCUT2D eigenvalue weighted by Gasteiger charge is -2.09. The van der Waals surface area contributed by atoms with Crippen LogP contribution in [0.2, 0.25) is 5.02 Å². The number of ether oxygens (including phenoxy) is 1. The number of pyridine rings is 1. The van der Waals surface area contributed by atoms with Crippen molar-refractivity contribution in [2.45, 2.75) is 6.54 Å². The first-order valence-electron chi connectivity index (χ1n) is 6.54. The lowest BCUT2D eigenvalue weighted by atomic mass is 10.2. The fraction of sp³-hybridized carbons (Fsp3) is 0.125. The molecule has 0 fully saturated rings. The van der Waals surface area contributed by atoms with Crippen molar-refractivity contribution < 1.29 is 13.9 Å². The van der Waals surface area contributed by atoms with Crippen LogP contribution in [-0.2, 0) is 11.3 Å². The highest BCUT2D eigenvalue weighted by atomic mass is 35.5. The summed E-state index contributed by atoms with van der Waals surface area (Å²) in [5, 5.41) is 1.12. The van der Waals surface area contributed by atoms with E-state index >= 15 is 0 Å². The summed E-state index contributed by atoms with van der Waals surface area (Å²) < 4.78 is 11.9. The Balaban J connectivity index is 2.02. The molecule has 0 amide bonds. The van der Waals surface area contributed by atoms with Crippen LogP contribution in [0.3, 0.4) is 0 Å². The van der Waals surface area contributed by atoms with E-state index in [1.807, 2.05) is 4.57 Å². The molecule has 0 spiro atoms. The van der Waals surface area contributed by atoms with E-state index in [-0.39, 0.29) is 11.2 Å². The number of esters is 1.